The summed E-state index contributed by atoms with van der Waals surface area (Å²) in [5, 5.41) is 8.36. The number of ether oxygens (including phenoxy) is 1. The van der Waals surface area contributed by atoms with E-state index in [4.69, 9.17) is 4.74 Å². The van der Waals surface area contributed by atoms with Crippen molar-refractivity contribution in [3.8, 4) is 5.69 Å². The Bertz CT molecular complexity index is 920. The molecular weight excluding hydrogens is 422 g/mol. The third-order valence-corrected chi connectivity index (χ3v) is 5.41. The van der Waals surface area contributed by atoms with Crippen molar-refractivity contribution in [2.45, 2.75) is 38.8 Å². The minimum Gasteiger partial charge on any atom is -0.475 e. The van der Waals surface area contributed by atoms with E-state index in [0.717, 1.165) is 23.9 Å². The van der Waals surface area contributed by atoms with E-state index in [1.807, 2.05) is 43.0 Å². The van der Waals surface area contributed by atoms with E-state index in [1.165, 1.54) is 4.80 Å². The molecule has 7 nitrogen and oxygen atoms in total. The van der Waals surface area contributed by atoms with Crippen molar-refractivity contribution in [2.24, 2.45) is 10.9 Å². The van der Waals surface area contributed by atoms with Crippen LogP contribution in [0, 0.1) is 5.92 Å². The molecule has 28 heavy (non-hydrogen) atoms. The van der Waals surface area contributed by atoms with Gasteiger partial charge in [0.05, 0.1) is 29.7 Å². The van der Waals surface area contributed by atoms with Crippen LogP contribution in [0.2, 0.25) is 0 Å². The summed E-state index contributed by atoms with van der Waals surface area (Å²) in [7, 11) is 0. The first-order valence-corrected chi connectivity index (χ1v) is 10.1. The van der Waals surface area contributed by atoms with Crippen LogP contribution in [-0.4, -0.2) is 50.4 Å². The third kappa shape index (κ3) is 3.73. The molecule has 1 aliphatic heterocycles. The number of aliphatic imine (C=N–C) groups is 1. The van der Waals surface area contributed by atoms with Gasteiger partial charge >= 0.3 is 0 Å². The largest absolute Gasteiger partial charge is 0.475 e. The average Bonchev–Trinajstić information content (AvgIpc) is 3.42. The number of rotatable bonds is 4. The summed E-state index contributed by atoms with van der Waals surface area (Å²) in [5.41, 5.74) is 1.29. The monoisotopic (exact) mass is 443 g/mol. The van der Waals surface area contributed by atoms with Gasteiger partial charge in [0, 0.05) is 24.2 Å². The van der Waals surface area contributed by atoms with Gasteiger partial charge in [-0.2, -0.15) is 15.0 Å². The highest BCUT2D eigenvalue weighted by Gasteiger charge is 2.48. The summed E-state index contributed by atoms with van der Waals surface area (Å²) in [6, 6.07) is 7.51. The normalized spacial score (nSPS) is 24.7. The topological polar surface area (TPSA) is 72.6 Å². The molecule has 2 aromatic rings. The van der Waals surface area contributed by atoms with Gasteiger partial charge in [0.15, 0.2) is 5.90 Å². The second-order valence-electron chi connectivity index (χ2n) is 7.22. The highest BCUT2D eigenvalue weighted by Crippen LogP contribution is 2.40. The molecule has 2 bridgehead atoms. The lowest BCUT2D eigenvalue weighted by Gasteiger charge is -2.33. The number of carbonyl (C=O) groups is 1. The number of fused-ring (bicyclic) bond motifs is 2. The van der Waals surface area contributed by atoms with E-state index in [-0.39, 0.29) is 18.1 Å². The van der Waals surface area contributed by atoms with Gasteiger partial charge in [-0.3, -0.25) is 4.79 Å². The van der Waals surface area contributed by atoms with E-state index in [0.29, 0.717) is 23.1 Å². The predicted molar refractivity (Wildman–Crippen MR) is 110 cm³/mol. The smallest absolute Gasteiger partial charge is 0.256 e. The third-order valence-electron chi connectivity index (χ3n) is 5.20. The molecule has 1 aromatic carbocycles. The van der Waals surface area contributed by atoms with Crippen molar-refractivity contribution in [1.82, 2.24) is 19.9 Å². The molecule has 146 valence electrons. The molecule has 0 N–H and O–H groups in total. The Balaban J connectivity index is 1.54. The summed E-state index contributed by atoms with van der Waals surface area (Å²) >= 11 is 3.36. The lowest BCUT2D eigenvalue weighted by molar-refractivity contribution is 0.0443. The van der Waals surface area contributed by atoms with Crippen molar-refractivity contribution < 1.29 is 9.53 Å². The first-order valence-electron chi connectivity index (χ1n) is 9.33. The number of aromatic nitrogens is 3. The quantitative estimate of drug-likeness (QED) is 0.534. The lowest BCUT2D eigenvalue weighted by atomic mass is 10.1. The molecule has 1 saturated heterocycles. The number of hydrogen-bond donors (Lipinski definition) is 0. The van der Waals surface area contributed by atoms with Crippen LogP contribution in [0.25, 0.3) is 5.69 Å². The standard InChI is InChI=1S/C20H22BrN5O2/c1-13(21)11-22-14(2)28-19-10-15-9-18(19)25(12-15)20(27)16-5-3-4-6-17(16)26-23-7-8-24-26/h3-8,11,15,18-19H,9-10,12H2,1-2H3/b13-11+,22-14?. The minimum absolute atomic E-state index is 0.000472. The zero-order valence-electron chi connectivity index (χ0n) is 15.8. The fraction of sp³-hybridized carbons (Fsp3) is 0.400. The number of carbonyl (C=O) groups excluding carboxylic acids is 1. The maximum absolute atomic E-state index is 13.4. The van der Waals surface area contributed by atoms with Crippen molar-refractivity contribution in [2.75, 3.05) is 6.54 Å². The highest BCUT2D eigenvalue weighted by atomic mass is 79.9. The van der Waals surface area contributed by atoms with Crippen molar-refractivity contribution in [1.29, 1.82) is 0 Å². The number of piperidine rings is 1. The van der Waals surface area contributed by atoms with E-state index in [9.17, 15) is 4.79 Å². The van der Waals surface area contributed by atoms with Gasteiger partial charge in [0.25, 0.3) is 5.91 Å². The fourth-order valence-electron chi connectivity index (χ4n) is 4.08. The molecule has 1 saturated carbocycles. The zero-order chi connectivity index (χ0) is 19.7. The highest BCUT2D eigenvalue weighted by molar-refractivity contribution is 9.11. The van der Waals surface area contributed by atoms with Gasteiger partial charge in [0.1, 0.15) is 6.10 Å². The van der Waals surface area contributed by atoms with E-state index < -0.39 is 0 Å². The van der Waals surface area contributed by atoms with Gasteiger partial charge in [-0.05, 0) is 37.8 Å². The molecular formula is C20H22BrN5O2. The Labute approximate surface area is 172 Å². The maximum Gasteiger partial charge on any atom is 0.256 e. The molecule has 8 heteroatoms. The molecule has 1 aliphatic carbocycles. The number of amides is 1. The number of para-hydroxylation sites is 1. The van der Waals surface area contributed by atoms with Crippen LogP contribution in [0.4, 0.5) is 0 Å². The molecule has 2 fully saturated rings. The number of hydrogen-bond acceptors (Lipinski definition) is 5. The predicted octanol–water partition coefficient (Wildman–Crippen LogP) is 3.56. The Morgan fingerprint density at radius 3 is 2.71 bits per heavy atom. The molecule has 2 heterocycles. The Hall–Kier alpha value is -2.48. The van der Waals surface area contributed by atoms with Crippen LogP contribution in [0.5, 0.6) is 0 Å². The molecule has 0 spiro atoms. The van der Waals surface area contributed by atoms with E-state index in [1.54, 1.807) is 18.6 Å². The summed E-state index contributed by atoms with van der Waals surface area (Å²) in [5.74, 6) is 1.08. The summed E-state index contributed by atoms with van der Waals surface area (Å²) in [6.45, 7) is 4.53. The number of halogens is 1. The zero-order valence-corrected chi connectivity index (χ0v) is 17.4. The first-order chi connectivity index (χ1) is 13.5. The summed E-state index contributed by atoms with van der Waals surface area (Å²) in [4.78, 5) is 21.1. The summed E-state index contributed by atoms with van der Waals surface area (Å²) in [6.07, 6.45) is 6.84. The number of allylic oxidation sites excluding steroid dienone is 1. The molecule has 2 aliphatic rings. The second kappa shape index (κ2) is 7.87. The van der Waals surface area contributed by atoms with Gasteiger partial charge in [-0.25, -0.2) is 4.99 Å². The molecule has 1 amide bonds. The number of benzene rings is 1. The molecule has 0 radical (unpaired) electrons. The average molecular weight is 444 g/mol. The molecule has 3 atom stereocenters. The van der Waals surface area contributed by atoms with Crippen LogP contribution >= 0.6 is 15.9 Å². The van der Waals surface area contributed by atoms with E-state index in [2.05, 4.69) is 31.1 Å². The van der Waals surface area contributed by atoms with Crippen molar-refractivity contribution in [3.05, 3.63) is 52.9 Å². The molecule has 3 unspecified atom stereocenters. The van der Waals surface area contributed by atoms with Crippen LogP contribution in [-0.2, 0) is 4.74 Å². The molecule has 4 rings (SSSR count). The lowest BCUT2D eigenvalue weighted by Crippen LogP contribution is -2.46. The first kappa shape index (κ1) is 18.9. The second-order valence-corrected chi connectivity index (χ2v) is 8.47. The Morgan fingerprint density at radius 2 is 2.00 bits per heavy atom. The Morgan fingerprint density at radius 1 is 1.25 bits per heavy atom. The van der Waals surface area contributed by atoms with Gasteiger partial charge < -0.3 is 9.64 Å². The van der Waals surface area contributed by atoms with Crippen LogP contribution in [0.1, 0.15) is 37.0 Å². The summed E-state index contributed by atoms with van der Waals surface area (Å²) < 4.78 is 7.01. The van der Waals surface area contributed by atoms with Gasteiger partial charge in [-0.15, -0.1) is 0 Å². The fourth-order valence-corrected chi connectivity index (χ4v) is 4.18. The van der Waals surface area contributed by atoms with Crippen LogP contribution in [0.3, 0.4) is 0 Å². The Kier molecular flexibility index (Phi) is 5.30. The van der Waals surface area contributed by atoms with Crippen LogP contribution in [0.15, 0.2) is 52.3 Å². The van der Waals surface area contributed by atoms with Crippen molar-refractivity contribution in [3.63, 3.8) is 0 Å². The van der Waals surface area contributed by atoms with Gasteiger partial charge in [-0.1, -0.05) is 28.1 Å². The minimum atomic E-state index is -0.0227. The van der Waals surface area contributed by atoms with Gasteiger partial charge in [0.2, 0.25) is 0 Å². The maximum atomic E-state index is 13.4. The molecule has 1 aromatic heterocycles. The SMILES string of the molecule is CC(=N/C=C(\C)Br)OC1CC2CC1N(C(=O)c1ccccc1-n1nccn1)C2. The number of likely N-dealkylation sites (tertiary alicyclic amines) is 1. The van der Waals surface area contributed by atoms with Crippen LogP contribution < -0.4 is 0 Å². The van der Waals surface area contributed by atoms with Crippen molar-refractivity contribution >= 4 is 27.7 Å². The number of nitrogens with zero attached hydrogens (tertiary/aromatic N) is 5. The van der Waals surface area contributed by atoms with E-state index >= 15 is 0 Å².